The third-order valence-electron chi connectivity index (χ3n) is 4.91. The third-order valence-corrected chi connectivity index (χ3v) is 6.18. The van der Waals surface area contributed by atoms with Gasteiger partial charge < -0.3 is 10.5 Å². The molecule has 0 bridgehead atoms. The minimum Gasteiger partial charge on any atom is -0.411 e. The van der Waals surface area contributed by atoms with Crippen LogP contribution in [0.25, 0.3) is 0 Å². The summed E-state index contributed by atoms with van der Waals surface area (Å²) in [6.07, 6.45) is 3.34. The summed E-state index contributed by atoms with van der Waals surface area (Å²) in [5, 5.41) is 28.6. The molecule has 0 aliphatic heterocycles. The van der Waals surface area contributed by atoms with Crippen LogP contribution in [0.3, 0.4) is 0 Å². The first-order valence-corrected chi connectivity index (χ1v) is 11.6. The minimum atomic E-state index is -3.74. The number of benzene rings is 1. The summed E-state index contributed by atoms with van der Waals surface area (Å²) in [5.41, 5.74) is 1.15. The van der Waals surface area contributed by atoms with Crippen LogP contribution in [0.4, 0.5) is 10.2 Å². The van der Waals surface area contributed by atoms with Crippen molar-refractivity contribution in [2.45, 2.75) is 38.1 Å². The minimum absolute atomic E-state index is 0.183. The number of nitrogens with two attached hydrogens (primary N) is 1. The predicted octanol–water partition coefficient (Wildman–Crippen LogP) is 2.16. The predicted molar refractivity (Wildman–Crippen MR) is 111 cm³/mol. The number of anilines is 1. The average Bonchev–Trinajstić information content (AvgIpc) is 3.14. The molecular weight excluding hydrogens is 483 g/mol. The standard InChI is InChI=1S/C17H22BrFN6O4S/c18-13-7-10(4-5-14(13)19)8-15(22-26)16-17(24-29-23-16)21-9-11-2-1-3-12(6-11)25-30(20,27)28/h4-5,7,11-12,25-26H,1-3,6,8-9H2,(H,21,24)(H2,20,27,28). The van der Waals surface area contributed by atoms with Gasteiger partial charge in [-0.05, 0) is 69.1 Å². The lowest BCUT2D eigenvalue weighted by molar-refractivity contribution is 0.303. The van der Waals surface area contributed by atoms with Crippen molar-refractivity contribution in [2.24, 2.45) is 16.2 Å². The van der Waals surface area contributed by atoms with E-state index >= 15 is 0 Å². The van der Waals surface area contributed by atoms with Gasteiger partial charge in [-0.25, -0.2) is 14.2 Å². The first-order valence-electron chi connectivity index (χ1n) is 9.27. The zero-order valence-corrected chi connectivity index (χ0v) is 18.3. The highest BCUT2D eigenvalue weighted by Crippen LogP contribution is 2.26. The highest BCUT2D eigenvalue weighted by molar-refractivity contribution is 9.10. The normalized spacial score (nSPS) is 20.3. The van der Waals surface area contributed by atoms with Crippen molar-refractivity contribution in [3.8, 4) is 0 Å². The molecule has 13 heteroatoms. The summed E-state index contributed by atoms with van der Waals surface area (Å²) in [7, 11) is -3.74. The molecule has 3 rings (SSSR count). The second-order valence-electron chi connectivity index (χ2n) is 7.21. The number of halogens is 2. The van der Waals surface area contributed by atoms with E-state index in [-0.39, 0.29) is 29.8 Å². The Hall–Kier alpha value is -2.09. The van der Waals surface area contributed by atoms with Crippen molar-refractivity contribution < 1.29 is 22.6 Å². The monoisotopic (exact) mass is 504 g/mol. The molecule has 2 unspecified atom stereocenters. The van der Waals surface area contributed by atoms with Gasteiger partial charge in [-0.15, -0.1) is 0 Å². The molecule has 2 aromatic rings. The summed E-state index contributed by atoms with van der Waals surface area (Å²) in [5.74, 6) is 0.102. The number of hydrogen-bond acceptors (Lipinski definition) is 8. The number of aromatic nitrogens is 2. The quantitative estimate of drug-likeness (QED) is 0.243. The van der Waals surface area contributed by atoms with Gasteiger partial charge in [0, 0.05) is 19.0 Å². The van der Waals surface area contributed by atoms with Gasteiger partial charge in [0.1, 0.15) is 11.5 Å². The van der Waals surface area contributed by atoms with E-state index in [4.69, 9.17) is 9.77 Å². The van der Waals surface area contributed by atoms with E-state index in [0.717, 1.165) is 19.3 Å². The highest BCUT2D eigenvalue weighted by Gasteiger charge is 2.25. The lowest BCUT2D eigenvalue weighted by Crippen LogP contribution is -2.42. The maximum atomic E-state index is 13.4. The fourth-order valence-electron chi connectivity index (χ4n) is 3.56. The Morgan fingerprint density at radius 3 is 2.90 bits per heavy atom. The van der Waals surface area contributed by atoms with Crippen molar-refractivity contribution in [3.05, 3.63) is 39.7 Å². The van der Waals surface area contributed by atoms with Crippen molar-refractivity contribution >= 4 is 37.7 Å². The van der Waals surface area contributed by atoms with Gasteiger partial charge in [0.2, 0.25) is 0 Å². The lowest BCUT2D eigenvalue weighted by Gasteiger charge is -2.29. The Labute approximate surface area is 181 Å². The van der Waals surface area contributed by atoms with Crippen molar-refractivity contribution in [3.63, 3.8) is 0 Å². The molecule has 1 aromatic heterocycles. The Morgan fingerprint density at radius 1 is 1.40 bits per heavy atom. The second kappa shape index (κ2) is 9.81. The molecule has 0 amide bonds. The van der Waals surface area contributed by atoms with Crippen molar-refractivity contribution in [1.29, 1.82) is 0 Å². The highest BCUT2D eigenvalue weighted by atomic mass is 79.9. The number of oxime groups is 1. The average molecular weight is 505 g/mol. The molecule has 1 heterocycles. The molecule has 5 N–H and O–H groups in total. The summed E-state index contributed by atoms with van der Waals surface area (Å²) >= 11 is 3.13. The van der Waals surface area contributed by atoms with E-state index in [0.29, 0.717) is 28.8 Å². The zero-order valence-electron chi connectivity index (χ0n) is 15.9. The number of nitrogens with zero attached hydrogens (tertiary/aromatic N) is 3. The molecule has 2 atom stereocenters. The van der Waals surface area contributed by atoms with Gasteiger partial charge in [-0.2, -0.15) is 13.1 Å². The lowest BCUT2D eigenvalue weighted by atomic mass is 9.86. The molecule has 164 valence electrons. The molecule has 0 saturated heterocycles. The fourth-order valence-corrected chi connectivity index (χ4v) is 4.66. The molecule has 1 saturated carbocycles. The van der Waals surface area contributed by atoms with Gasteiger partial charge in [0.25, 0.3) is 10.2 Å². The van der Waals surface area contributed by atoms with Crippen LogP contribution >= 0.6 is 15.9 Å². The SMILES string of the molecule is NS(=O)(=O)NC1CCCC(CNc2nonc2C(Cc2ccc(F)c(Br)c2)=NO)C1. The first kappa shape index (κ1) is 22.6. The maximum Gasteiger partial charge on any atom is 0.274 e. The van der Waals surface area contributed by atoms with Crippen LogP contribution in [0, 0.1) is 11.7 Å². The van der Waals surface area contributed by atoms with E-state index in [1.54, 1.807) is 12.1 Å². The van der Waals surface area contributed by atoms with Crippen molar-refractivity contribution in [1.82, 2.24) is 15.0 Å². The maximum absolute atomic E-state index is 13.4. The molecular formula is C17H22BrFN6O4S. The smallest absolute Gasteiger partial charge is 0.274 e. The van der Waals surface area contributed by atoms with Gasteiger partial charge in [0.15, 0.2) is 11.5 Å². The van der Waals surface area contributed by atoms with Crippen LogP contribution in [-0.2, 0) is 16.6 Å². The van der Waals surface area contributed by atoms with Crippen LogP contribution < -0.4 is 15.2 Å². The molecule has 1 aliphatic carbocycles. The van der Waals surface area contributed by atoms with E-state index in [9.17, 15) is 18.0 Å². The first-order chi connectivity index (χ1) is 14.2. The van der Waals surface area contributed by atoms with E-state index in [2.05, 4.69) is 41.4 Å². The Morgan fingerprint density at radius 2 is 2.20 bits per heavy atom. The Balaban J connectivity index is 1.63. The van der Waals surface area contributed by atoms with E-state index in [1.165, 1.54) is 6.07 Å². The molecule has 1 aliphatic rings. The second-order valence-corrected chi connectivity index (χ2v) is 9.39. The summed E-state index contributed by atoms with van der Waals surface area (Å²) in [6, 6.07) is 4.26. The van der Waals surface area contributed by atoms with E-state index < -0.39 is 16.0 Å². The van der Waals surface area contributed by atoms with E-state index in [1.807, 2.05) is 0 Å². The third kappa shape index (κ3) is 6.20. The van der Waals surface area contributed by atoms with Gasteiger partial charge in [-0.3, -0.25) is 0 Å². The molecule has 0 radical (unpaired) electrons. The van der Waals surface area contributed by atoms with Crippen LogP contribution in [0.15, 0.2) is 32.5 Å². The summed E-state index contributed by atoms with van der Waals surface area (Å²) < 4.78 is 43.5. The number of rotatable bonds is 8. The largest absolute Gasteiger partial charge is 0.411 e. The zero-order chi connectivity index (χ0) is 21.7. The fraction of sp³-hybridized carbons (Fsp3) is 0.471. The molecule has 0 spiro atoms. The van der Waals surface area contributed by atoms with Crippen LogP contribution in [-0.4, -0.2) is 42.2 Å². The Bertz CT molecular complexity index is 1020. The Kier molecular flexibility index (Phi) is 7.39. The van der Waals surface area contributed by atoms with Crippen LogP contribution in [0.1, 0.15) is 36.9 Å². The van der Waals surface area contributed by atoms with Gasteiger partial charge in [-0.1, -0.05) is 17.6 Å². The number of nitrogens with one attached hydrogen (secondary N) is 2. The van der Waals surface area contributed by atoms with Crippen LogP contribution in [0.2, 0.25) is 0 Å². The van der Waals surface area contributed by atoms with Gasteiger partial charge in [0.05, 0.1) is 4.47 Å². The van der Waals surface area contributed by atoms with Crippen LogP contribution in [0.5, 0.6) is 0 Å². The molecule has 1 aromatic carbocycles. The summed E-state index contributed by atoms with van der Waals surface area (Å²) in [4.78, 5) is 0. The number of hydrogen-bond donors (Lipinski definition) is 4. The van der Waals surface area contributed by atoms with Crippen molar-refractivity contribution in [2.75, 3.05) is 11.9 Å². The topological polar surface area (TPSA) is 156 Å². The molecule has 10 nitrogen and oxygen atoms in total. The molecule has 1 fully saturated rings. The summed E-state index contributed by atoms with van der Waals surface area (Å²) in [6.45, 7) is 0.505. The molecule has 30 heavy (non-hydrogen) atoms. The van der Waals surface area contributed by atoms with Gasteiger partial charge >= 0.3 is 0 Å².